The number of carbonyl (C=O) groups is 1. The lowest BCUT2D eigenvalue weighted by Crippen LogP contribution is -2.42. The number of carbonyl (C=O) groups excluding carboxylic acids is 1. The van der Waals surface area contributed by atoms with Gasteiger partial charge in [0.15, 0.2) is 0 Å². The van der Waals surface area contributed by atoms with Gasteiger partial charge in [-0.3, -0.25) is 9.78 Å². The maximum absolute atomic E-state index is 12.5. The van der Waals surface area contributed by atoms with E-state index in [4.69, 9.17) is 4.74 Å². The van der Waals surface area contributed by atoms with Gasteiger partial charge in [-0.25, -0.2) is 4.98 Å². The SMILES string of the molecule is CNc1cccc(C2CN(C(=O)CCc3cccnc3)CCO2)n1. The van der Waals surface area contributed by atoms with E-state index in [0.29, 0.717) is 32.5 Å². The molecule has 126 valence electrons. The summed E-state index contributed by atoms with van der Waals surface area (Å²) in [7, 11) is 1.84. The fraction of sp³-hybridized carbons (Fsp3) is 0.389. The molecule has 0 saturated carbocycles. The van der Waals surface area contributed by atoms with Gasteiger partial charge in [0.2, 0.25) is 5.91 Å². The molecule has 2 aromatic heterocycles. The van der Waals surface area contributed by atoms with E-state index >= 15 is 0 Å². The van der Waals surface area contributed by atoms with Gasteiger partial charge in [-0.1, -0.05) is 12.1 Å². The van der Waals surface area contributed by atoms with Gasteiger partial charge in [0.05, 0.1) is 18.8 Å². The predicted octanol–water partition coefficient (Wildman–Crippen LogP) is 2.05. The smallest absolute Gasteiger partial charge is 0.223 e. The Morgan fingerprint density at radius 2 is 2.29 bits per heavy atom. The summed E-state index contributed by atoms with van der Waals surface area (Å²) in [4.78, 5) is 23.0. The number of anilines is 1. The molecular weight excluding hydrogens is 304 g/mol. The Morgan fingerprint density at radius 3 is 3.08 bits per heavy atom. The van der Waals surface area contributed by atoms with Crippen LogP contribution in [0.3, 0.4) is 0 Å². The van der Waals surface area contributed by atoms with E-state index in [1.165, 1.54) is 0 Å². The fourth-order valence-electron chi connectivity index (χ4n) is 2.78. The van der Waals surface area contributed by atoms with Crippen molar-refractivity contribution in [2.24, 2.45) is 0 Å². The minimum Gasteiger partial charge on any atom is -0.373 e. The third-order valence-electron chi connectivity index (χ3n) is 4.13. The van der Waals surface area contributed by atoms with Crippen molar-refractivity contribution in [2.75, 3.05) is 32.1 Å². The number of aromatic nitrogens is 2. The summed E-state index contributed by atoms with van der Waals surface area (Å²) in [6, 6.07) is 9.68. The number of rotatable bonds is 5. The first-order valence-corrected chi connectivity index (χ1v) is 8.19. The molecular formula is C18H22N4O2. The van der Waals surface area contributed by atoms with Gasteiger partial charge in [-0.2, -0.15) is 0 Å². The molecule has 0 aromatic carbocycles. The normalized spacial score (nSPS) is 17.5. The predicted molar refractivity (Wildman–Crippen MR) is 91.6 cm³/mol. The van der Waals surface area contributed by atoms with Crippen LogP contribution >= 0.6 is 0 Å². The highest BCUT2D eigenvalue weighted by atomic mass is 16.5. The van der Waals surface area contributed by atoms with E-state index in [9.17, 15) is 4.79 Å². The number of morpholine rings is 1. The van der Waals surface area contributed by atoms with Crippen LogP contribution in [-0.2, 0) is 16.0 Å². The number of amides is 1. The van der Waals surface area contributed by atoms with Crippen LogP contribution in [0.25, 0.3) is 0 Å². The van der Waals surface area contributed by atoms with Crippen LogP contribution < -0.4 is 5.32 Å². The topological polar surface area (TPSA) is 67.4 Å². The number of hydrogen-bond donors (Lipinski definition) is 1. The average molecular weight is 326 g/mol. The first kappa shape index (κ1) is 16.4. The number of aryl methyl sites for hydroxylation is 1. The molecule has 1 aliphatic heterocycles. The van der Waals surface area contributed by atoms with Crippen LogP contribution in [0.15, 0.2) is 42.7 Å². The first-order chi connectivity index (χ1) is 11.8. The van der Waals surface area contributed by atoms with E-state index in [1.807, 2.05) is 48.5 Å². The molecule has 1 atom stereocenters. The van der Waals surface area contributed by atoms with Gasteiger partial charge in [0, 0.05) is 32.4 Å². The summed E-state index contributed by atoms with van der Waals surface area (Å²) in [6.07, 6.45) is 4.58. The lowest BCUT2D eigenvalue weighted by atomic mass is 10.1. The third-order valence-corrected chi connectivity index (χ3v) is 4.13. The minimum absolute atomic E-state index is 0.150. The molecule has 0 aliphatic carbocycles. The van der Waals surface area contributed by atoms with Crippen molar-refractivity contribution in [3.05, 3.63) is 54.0 Å². The molecule has 1 amide bonds. The highest BCUT2D eigenvalue weighted by molar-refractivity contribution is 5.76. The molecule has 0 spiro atoms. The summed E-state index contributed by atoms with van der Waals surface area (Å²) >= 11 is 0. The molecule has 1 N–H and O–H groups in total. The molecule has 6 nitrogen and oxygen atoms in total. The van der Waals surface area contributed by atoms with Gasteiger partial charge >= 0.3 is 0 Å². The van der Waals surface area contributed by atoms with Gasteiger partial charge in [-0.15, -0.1) is 0 Å². The fourth-order valence-corrected chi connectivity index (χ4v) is 2.78. The third kappa shape index (κ3) is 4.08. The van der Waals surface area contributed by atoms with Gasteiger partial charge in [-0.05, 0) is 30.2 Å². The number of pyridine rings is 2. The molecule has 2 aromatic rings. The maximum atomic E-state index is 12.5. The average Bonchev–Trinajstić information content (AvgIpc) is 2.67. The van der Waals surface area contributed by atoms with Crippen LogP contribution in [0, 0.1) is 0 Å². The van der Waals surface area contributed by atoms with Crippen molar-refractivity contribution in [3.63, 3.8) is 0 Å². The van der Waals surface area contributed by atoms with Crippen LogP contribution in [0.5, 0.6) is 0 Å². The Kier molecular flexibility index (Phi) is 5.38. The summed E-state index contributed by atoms with van der Waals surface area (Å²) in [5.41, 5.74) is 1.94. The standard InChI is InChI=1S/C18H22N4O2/c1-19-17-6-2-5-15(21-17)16-13-22(10-11-24-16)18(23)8-7-14-4-3-9-20-12-14/h2-6,9,12,16H,7-8,10-11,13H2,1H3,(H,19,21). The summed E-state index contributed by atoms with van der Waals surface area (Å²) < 4.78 is 5.81. The Morgan fingerprint density at radius 1 is 1.38 bits per heavy atom. The molecule has 1 fully saturated rings. The molecule has 0 radical (unpaired) electrons. The molecule has 1 aliphatic rings. The van der Waals surface area contributed by atoms with E-state index < -0.39 is 0 Å². The number of nitrogens with one attached hydrogen (secondary N) is 1. The lowest BCUT2D eigenvalue weighted by molar-refractivity contribution is -0.139. The molecule has 0 bridgehead atoms. The summed E-state index contributed by atoms with van der Waals surface area (Å²) in [6.45, 7) is 1.72. The van der Waals surface area contributed by atoms with E-state index in [2.05, 4.69) is 15.3 Å². The van der Waals surface area contributed by atoms with Crippen molar-refractivity contribution in [1.82, 2.24) is 14.9 Å². The van der Waals surface area contributed by atoms with Crippen LogP contribution in [0.2, 0.25) is 0 Å². The van der Waals surface area contributed by atoms with Gasteiger partial charge < -0.3 is 15.0 Å². The number of hydrogen-bond acceptors (Lipinski definition) is 5. The molecule has 3 rings (SSSR count). The van der Waals surface area contributed by atoms with Crippen LogP contribution in [0.1, 0.15) is 23.8 Å². The van der Waals surface area contributed by atoms with Crippen molar-refractivity contribution in [1.29, 1.82) is 0 Å². The monoisotopic (exact) mass is 326 g/mol. The zero-order chi connectivity index (χ0) is 16.8. The van der Waals surface area contributed by atoms with E-state index in [-0.39, 0.29) is 12.0 Å². The second kappa shape index (κ2) is 7.88. The Bertz CT molecular complexity index is 678. The Labute approximate surface area is 141 Å². The summed E-state index contributed by atoms with van der Waals surface area (Å²) in [5.74, 6) is 0.952. The molecule has 6 heteroatoms. The quantitative estimate of drug-likeness (QED) is 0.911. The first-order valence-electron chi connectivity index (χ1n) is 8.19. The number of ether oxygens (including phenoxy) is 1. The van der Waals surface area contributed by atoms with Crippen LogP contribution in [0.4, 0.5) is 5.82 Å². The molecule has 1 saturated heterocycles. The highest BCUT2D eigenvalue weighted by Gasteiger charge is 2.26. The maximum Gasteiger partial charge on any atom is 0.223 e. The molecule has 24 heavy (non-hydrogen) atoms. The molecule has 1 unspecified atom stereocenters. The second-order valence-corrected chi connectivity index (χ2v) is 5.76. The lowest BCUT2D eigenvalue weighted by Gasteiger charge is -2.33. The Hall–Kier alpha value is -2.47. The number of nitrogens with zero attached hydrogens (tertiary/aromatic N) is 3. The molecule has 3 heterocycles. The van der Waals surface area contributed by atoms with Crippen LogP contribution in [-0.4, -0.2) is 47.5 Å². The largest absolute Gasteiger partial charge is 0.373 e. The second-order valence-electron chi connectivity index (χ2n) is 5.76. The van der Waals surface area contributed by atoms with E-state index in [1.54, 1.807) is 6.20 Å². The minimum atomic E-state index is -0.172. The van der Waals surface area contributed by atoms with E-state index in [0.717, 1.165) is 17.1 Å². The zero-order valence-corrected chi connectivity index (χ0v) is 13.8. The van der Waals surface area contributed by atoms with Crippen molar-refractivity contribution in [3.8, 4) is 0 Å². The summed E-state index contributed by atoms with van der Waals surface area (Å²) in [5, 5.41) is 3.03. The zero-order valence-electron chi connectivity index (χ0n) is 13.8. The van der Waals surface area contributed by atoms with Crippen molar-refractivity contribution < 1.29 is 9.53 Å². The van der Waals surface area contributed by atoms with Crippen molar-refractivity contribution >= 4 is 11.7 Å². The highest BCUT2D eigenvalue weighted by Crippen LogP contribution is 2.22. The van der Waals surface area contributed by atoms with Gasteiger partial charge in [0.1, 0.15) is 11.9 Å². The van der Waals surface area contributed by atoms with Gasteiger partial charge in [0.25, 0.3) is 0 Å². The van der Waals surface area contributed by atoms with Crippen molar-refractivity contribution in [2.45, 2.75) is 18.9 Å². The Balaban J connectivity index is 1.59.